The van der Waals surface area contributed by atoms with E-state index in [1.54, 1.807) is 0 Å². The summed E-state index contributed by atoms with van der Waals surface area (Å²) in [5, 5.41) is 9.32. The molecule has 1 rings (SSSR count). The van der Waals surface area contributed by atoms with E-state index in [9.17, 15) is 9.90 Å². The van der Waals surface area contributed by atoms with Crippen LogP contribution in [0.25, 0.3) is 0 Å². The summed E-state index contributed by atoms with van der Waals surface area (Å²) in [7, 11) is 0. The number of aliphatic carboxylic acids is 1. The van der Waals surface area contributed by atoms with Gasteiger partial charge < -0.3 is 10.8 Å². The number of rotatable bonds is 3. The van der Waals surface area contributed by atoms with E-state index in [4.69, 9.17) is 5.73 Å². The monoisotopic (exact) mass is 235 g/mol. The lowest BCUT2D eigenvalue weighted by Crippen LogP contribution is -2.26. The van der Waals surface area contributed by atoms with Crippen LogP contribution >= 0.6 is 0 Å². The Morgan fingerprint density at radius 1 is 1.18 bits per heavy atom. The van der Waals surface area contributed by atoms with Crippen molar-refractivity contribution in [2.24, 2.45) is 11.1 Å². The lowest BCUT2D eigenvalue weighted by molar-refractivity contribution is -0.141. The fourth-order valence-corrected chi connectivity index (χ4v) is 2.01. The van der Waals surface area contributed by atoms with Crippen LogP contribution < -0.4 is 5.73 Å². The van der Waals surface area contributed by atoms with Crippen molar-refractivity contribution in [2.75, 3.05) is 0 Å². The number of carboxylic acids is 1. The zero-order valence-electron chi connectivity index (χ0n) is 10.9. The maximum Gasteiger partial charge on any atom is 0.311 e. The SMILES string of the molecule is CC(N)c1ccc(C(C(=O)O)C(C)(C)C)cc1. The standard InChI is InChI=1S/C14H21NO2/c1-9(15)10-5-7-11(8-6-10)12(13(16)17)14(2,3)4/h5-9,12H,15H2,1-4H3,(H,16,17). The Bertz CT molecular complexity index is 388. The van der Waals surface area contributed by atoms with Gasteiger partial charge in [0.25, 0.3) is 0 Å². The molecule has 3 heteroatoms. The van der Waals surface area contributed by atoms with Crippen LogP contribution in [0.4, 0.5) is 0 Å². The highest BCUT2D eigenvalue weighted by Gasteiger charge is 2.32. The summed E-state index contributed by atoms with van der Waals surface area (Å²) in [6, 6.07) is 7.51. The molecular formula is C14H21NO2. The first-order valence-corrected chi connectivity index (χ1v) is 5.81. The number of hydrogen-bond acceptors (Lipinski definition) is 2. The van der Waals surface area contributed by atoms with Crippen molar-refractivity contribution in [1.29, 1.82) is 0 Å². The highest BCUT2D eigenvalue weighted by molar-refractivity contribution is 5.77. The number of carboxylic acid groups (broad SMARTS) is 1. The van der Waals surface area contributed by atoms with Gasteiger partial charge in [-0.05, 0) is 23.5 Å². The van der Waals surface area contributed by atoms with Gasteiger partial charge in [-0.3, -0.25) is 4.79 Å². The number of benzene rings is 1. The molecule has 0 amide bonds. The Morgan fingerprint density at radius 3 is 1.88 bits per heavy atom. The molecule has 94 valence electrons. The predicted molar refractivity (Wildman–Crippen MR) is 68.9 cm³/mol. The van der Waals surface area contributed by atoms with Crippen molar-refractivity contribution in [2.45, 2.75) is 39.7 Å². The average Bonchev–Trinajstić information content (AvgIpc) is 2.15. The largest absolute Gasteiger partial charge is 0.481 e. The average molecular weight is 235 g/mol. The molecule has 0 heterocycles. The van der Waals surface area contributed by atoms with E-state index in [1.807, 2.05) is 52.0 Å². The molecule has 2 atom stereocenters. The summed E-state index contributed by atoms with van der Waals surface area (Å²) < 4.78 is 0. The summed E-state index contributed by atoms with van der Waals surface area (Å²) in [6.07, 6.45) is 0. The van der Waals surface area contributed by atoms with Crippen LogP contribution in [0.15, 0.2) is 24.3 Å². The third-order valence-corrected chi connectivity index (χ3v) is 2.91. The van der Waals surface area contributed by atoms with Gasteiger partial charge in [0.15, 0.2) is 0 Å². The van der Waals surface area contributed by atoms with Crippen LogP contribution in [-0.2, 0) is 4.79 Å². The van der Waals surface area contributed by atoms with Gasteiger partial charge in [0, 0.05) is 6.04 Å². The van der Waals surface area contributed by atoms with Crippen LogP contribution in [0.3, 0.4) is 0 Å². The van der Waals surface area contributed by atoms with E-state index in [0.717, 1.165) is 11.1 Å². The first-order chi connectivity index (χ1) is 7.73. The first kappa shape index (κ1) is 13.7. The van der Waals surface area contributed by atoms with Crippen LogP contribution in [0.1, 0.15) is 50.8 Å². The third-order valence-electron chi connectivity index (χ3n) is 2.91. The molecule has 2 unspecified atom stereocenters. The molecule has 3 N–H and O–H groups in total. The highest BCUT2D eigenvalue weighted by Crippen LogP contribution is 2.35. The number of hydrogen-bond donors (Lipinski definition) is 2. The van der Waals surface area contributed by atoms with Crippen molar-refractivity contribution in [3.63, 3.8) is 0 Å². The van der Waals surface area contributed by atoms with Gasteiger partial charge in [-0.2, -0.15) is 0 Å². The molecule has 0 spiro atoms. The summed E-state index contributed by atoms with van der Waals surface area (Å²) in [4.78, 5) is 11.3. The van der Waals surface area contributed by atoms with Crippen molar-refractivity contribution in [3.05, 3.63) is 35.4 Å². The van der Waals surface area contributed by atoms with Gasteiger partial charge in [0.2, 0.25) is 0 Å². The second-order valence-corrected chi connectivity index (χ2v) is 5.59. The minimum absolute atomic E-state index is 0.0260. The molecule has 0 fully saturated rings. The zero-order chi connectivity index (χ0) is 13.2. The predicted octanol–water partition coefficient (Wildman–Crippen LogP) is 2.92. The van der Waals surface area contributed by atoms with Crippen molar-refractivity contribution in [1.82, 2.24) is 0 Å². The van der Waals surface area contributed by atoms with Crippen molar-refractivity contribution < 1.29 is 9.90 Å². The Labute approximate surface area is 103 Å². The van der Waals surface area contributed by atoms with E-state index in [1.165, 1.54) is 0 Å². The van der Waals surface area contributed by atoms with Gasteiger partial charge in [-0.25, -0.2) is 0 Å². The molecule has 1 aromatic carbocycles. The van der Waals surface area contributed by atoms with Gasteiger partial charge in [0.05, 0.1) is 5.92 Å². The Kier molecular flexibility index (Phi) is 3.94. The topological polar surface area (TPSA) is 63.3 Å². The Morgan fingerprint density at radius 2 is 1.59 bits per heavy atom. The van der Waals surface area contributed by atoms with Gasteiger partial charge in [-0.15, -0.1) is 0 Å². The summed E-state index contributed by atoms with van der Waals surface area (Å²) >= 11 is 0. The van der Waals surface area contributed by atoms with E-state index < -0.39 is 11.9 Å². The molecule has 0 aliphatic heterocycles. The molecular weight excluding hydrogens is 214 g/mol. The van der Waals surface area contributed by atoms with Gasteiger partial charge in [-0.1, -0.05) is 45.0 Å². The van der Waals surface area contributed by atoms with E-state index in [0.29, 0.717) is 0 Å². The molecule has 0 aromatic heterocycles. The highest BCUT2D eigenvalue weighted by atomic mass is 16.4. The molecule has 0 radical (unpaired) electrons. The fraction of sp³-hybridized carbons (Fsp3) is 0.500. The molecule has 0 saturated heterocycles. The van der Waals surface area contributed by atoms with Crippen molar-refractivity contribution >= 4 is 5.97 Å². The number of nitrogens with two attached hydrogens (primary N) is 1. The second kappa shape index (κ2) is 4.88. The molecule has 1 aromatic rings. The lowest BCUT2D eigenvalue weighted by Gasteiger charge is -2.27. The molecule has 3 nitrogen and oxygen atoms in total. The van der Waals surface area contributed by atoms with Crippen LogP contribution in [-0.4, -0.2) is 11.1 Å². The van der Waals surface area contributed by atoms with Crippen molar-refractivity contribution in [3.8, 4) is 0 Å². The van der Waals surface area contributed by atoms with Gasteiger partial charge >= 0.3 is 5.97 Å². The third kappa shape index (κ3) is 3.30. The number of carbonyl (C=O) groups is 1. The Balaban J connectivity index is 3.09. The van der Waals surface area contributed by atoms with Gasteiger partial charge in [0.1, 0.15) is 0 Å². The summed E-state index contributed by atoms with van der Waals surface area (Å²) in [5.74, 6) is -1.28. The van der Waals surface area contributed by atoms with E-state index in [2.05, 4.69) is 0 Å². The normalized spacial score (nSPS) is 15.4. The van der Waals surface area contributed by atoms with Crippen LogP contribution in [0, 0.1) is 5.41 Å². The van der Waals surface area contributed by atoms with E-state index in [-0.39, 0.29) is 11.5 Å². The summed E-state index contributed by atoms with van der Waals surface area (Å²) in [6.45, 7) is 7.72. The molecule has 0 aliphatic rings. The zero-order valence-corrected chi connectivity index (χ0v) is 10.9. The molecule has 0 bridgehead atoms. The Hall–Kier alpha value is -1.35. The maximum absolute atomic E-state index is 11.3. The quantitative estimate of drug-likeness (QED) is 0.846. The second-order valence-electron chi connectivity index (χ2n) is 5.59. The molecule has 17 heavy (non-hydrogen) atoms. The molecule has 0 saturated carbocycles. The van der Waals surface area contributed by atoms with Crippen LogP contribution in [0.2, 0.25) is 0 Å². The summed E-state index contributed by atoms with van der Waals surface area (Å²) in [5.41, 5.74) is 7.31. The maximum atomic E-state index is 11.3. The van der Waals surface area contributed by atoms with Crippen LogP contribution in [0.5, 0.6) is 0 Å². The minimum atomic E-state index is -0.786. The molecule has 0 aliphatic carbocycles. The smallest absolute Gasteiger partial charge is 0.311 e. The van der Waals surface area contributed by atoms with E-state index >= 15 is 0 Å². The fourth-order valence-electron chi connectivity index (χ4n) is 2.01. The lowest BCUT2D eigenvalue weighted by atomic mass is 9.76. The first-order valence-electron chi connectivity index (χ1n) is 5.81. The minimum Gasteiger partial charge on any atom is -0.481 e.